The third-order valence-electron chi connectivity index (χ3n) is 3.75. The molecular formula is C15H11F3N4O4S. The van der Waals surface area contributed by atoms with Gasteiger partial charge in [0, 0.05) is 13.1 Å². The Morgan fingerprint density at radius 2 is 1.89 bits per heavy atom. The summed E-state index contributed by atoms with van der Waals surface area (Å²) in [5.41, 5.74) is -4.61. The Kier molecular flexibility index (Phi) is 5.36. The quantitative estimate of drug-likeness (QED) is 0.778. The normalized spacial score (nSPS) is 11.1. The summed E-state index contributed by atoms with van der Waals surface area (Å²) in [5.74, 6) is 0. The summed E-state index contributed by atoms with van der Waals surface area (Å²) in [5, 5.41) is 9.14. The van der Waals surface area contributed by atoms with E-state index < -0.39 is 33.6 Å². The van der Waals surface area contributed by atoms with Crippen molar-refractivity contribution in [1.29, 1.82) is 5.26 Å². The van der Waals surface area contributed by atoms with Crippen LogP contribution in [0.5, 0.6) is 0 Å². The van der Waals surface area contributed by atoms with E-state index in [1.165, 1.54) is 6.07 Å². The first-order valence-corrected chi connectivity index (χ1v) is 8.33. The van der Waals surface area contributed by atoms with Crippen molar-refractivity contribution in [3.63, 3.8) is 0 Å². The summed E-state index contributed by atoms with van der Waals surface area (Å²) in [6.45, 7) is 1.58. The predicted octanol–water partition coefficient (Wildman–Crippen LogP) is 1.68. The molecule has 0 aliphatic rings. The first-order valence-electron chi connectivity index (χ1n) is 7.30. The van der Waals surface area contributed by atoms with E-state index in [2.05, 4.69) is 4.36 Å². The van der Waals surface area contributed by atoms with Crippen LogP contribution in [0.4, 0.5) is 18.9 Å². The van der Waals surface area contributed by atoms with Gasteiger partial charge in [0.05, 0.1) is 17.3 Å². The van der Waals surface area contributed by atoms with Crippen molar-refractivity contribution in [2.24, 2.45) is 11.4 Å². The van der Waals surface area contributed by atoms with Crippen LogP contribution in [-0.4, -0.2) is 17.6 Å². The van der Waals surface area contributed by atoms with Gasteiger partial charge in [0.1, 0.15) is 11.4 Å². The molecule has 2 aromatic rings. The molecule has 0 aliphatic carbocycles. The summed E-state index contributed by atoms with van der Waals surface area (Å²) in [7, 11) is -2.17. The Morgan fingerprint density at radius 3 is 2.37 bits per heavy atom. The number of nitriles is 1. The average molecular weight is 400 g/mol. The number of nitrogens with zero attached hydrogens (tertiary/aromatic N) is 4. The maximum Gasteiger partial charge on any atom is 0.431 e. The summed E-state index contributed by atoms with van der Waals surface area (Å²) < 4.78 is 65.0. The van der Waals surface area contributed by atoms with Gasteiger partial charge in [-0.15, -0.1) is 4.36 Å². The number of alkyl halides is 3. The fourth-order valence-electron chi connectivity index (χ4n) is 2.56. The highest BCUT2D eigenvalue weighted by Crippen LogP contribution is 2.31. The number of benzene rings is 1. The van der Waals surface area contributed by atoms with E-state index in [-0.39, 0.29) is 39.6 Å². The molecule has 1 heterocycles. The number of hydrogen-bond donors (Lipinski definition) is 0. The highest BCUT2D eigenvalue weighted by Gasteiger charge is 2.35. The lowest BCUT2D eigenvalue weighted by molar-refractivity contribution is -0.144. The molecule has 0 fully saturated rings. The predicted molar refractivity (Wildman–Crippen MR) is 87.4 cm³/mol. The van der Waals surface area contributed by atoms with Crippen LogP contribution in [0.3, 0.4) is 0 Å². The van der Waals surface area contributed by atoms with Gasteiger partial charge in [-0.05, 0) is 24.1 Å². The molecule has 8 nitrogen and oxygen atoms in total. The van der Waals surface area contributed by atoms with Gasteiger partial charge in [0.2, 0.25) is 0 Å². The van der Waals surface area contributed by atoms with Crippen LogP contribution in [0.25, 0.3) is 5.69 Å². The molecule has 0 spiro atoms. The molecule has 0 unspecified atom stereocenters. The molecule has 0 radical (unpaired) electrons. The van der Waals surface area contributed by atoms with Gasteiger partial charge in [-0.25, -0.2) is 9.36 Å². The van der Waals surface area contributed by atoms with Gasteiger partial charge in [0.25, 0.3) is 5.56 Å². The summed E-state index contributed by atoms with van der Waals surface area (Å²) in [6.07, 6.45) is -4.81. The smallest absolute Gasteiger partial charge is 0.292 e. The Morgan fingerprint density at radius 1 is 1.26 bits per heavy atom. The standard InChI is InChI=1S/C15H11F3N4O4S/c1-3-9-8(7-19)4-5-10(13(9)20-27(25)26)22-12(23)6-11(15(16,17)18)21(2)14(22)24/h4-6H,3H2,1-2H3. The molecule has 0 amide bonds. The molecule has 2 rings (SSSR count). The Balaban J connectivity index is 3.03. The SMILES string of the molecule is CCc1c(C#N)ccc(-n2c(=O)cc(C(F)(F)F)n(C)c2=O)c1N=S(=O)=O. The van der Waals surface area contributed by atoms with E-state index in [1.807, 2.05) is 6.07 Å². The number of rotatable bonds is 3. The minimum atomic E-state index is -4.94. The molecule has 12 heteroatoms. The zero-order valence-corrected chi connectivity index (χ0v) is 14.7. The molecule has 1 aromatic heterocycles. The Labute approximate surface area is 151 Å². The second kappa shape index (κ2) is 7.20. The minimum Gasteiger partial charge on any atom is -0.292 e. The molecule has 0 bridgehead atoms. The van der Waals surface area contributed by atoms with Crippen LogP contribution in [0.15, 0.2) is 32.2 Å². The highest BCUT2D eigenvalue weighted by atomic mass is 32.2. The molecule has 142 valence electrons. The van der Waals surface area contributed by atoms with Crippen LogP contribution >= 0.6 is 0 Å². The lowest BCUT2D eigenvalue weighted by atomic mass is 10.0. The third-order valence-corrected chi connectivity index (χ3v) is 4.08. The molecule has 1 aromatic carbocycles. The van der Waals surface area contributed by atoms with E-state index in [0.29, 0.717) is 4.57 Å². The molecule has 0 N–H and O–H groups in total. The van der Waals surface area contributed by atoms with Crippen molar-refractivity contribution in [3.05, 3.63) is 55.9 Å². The number of aromatic nitrogens is 2. The first-order chi connectivity index (χ1) is 12.5. The number of halogens is 3. The first kappa shape index (κ1) is 20.1. The van der Waals surface area contributed by atoms with Crippen molar-refractivity contribution in [1.82, 2.24) is 9.13 Å². The van der Waals surface area contributed by atoms with E-state index >= 15 is 0 Å². The fourth-order valence-corrected chi connectivity index (χ4v) is 2.92. The number of hydrogen-bond acceptors (Lipinski definition) is 6. The summed E-state index contributed by atoms with van der Waals surface area (Å²) in [6, 6.07) is 4.36. The van der Waals surface area contributed by atoms with Crippen LogP contribution in [0, 0.1) is 11.3 Å². The summed E-state index contributed by atoms with van der Waals surface area (Å²) >= 11 is 0. The van der Waals surface area contributed by atoms with Gasteiger partial charge < -0.3 is 0 Å². The minimum absolute atomic E-state index is 0.0576. The highest BCUT2D eigenvalue weighted by molar-refractivity contribution is 7.61. The van der Waals surface area contributed by atoms with Crippen LogP contribution in [0.2, 0.25) is 0 Å². The van der Waals surface area contributed by atoms with E-state index in [0.717, 1.165) is 13.1 Å². The van der Waals surface area contributed by atoms with E-state index in [4.69, 9.17) is 5.26 Å². The van der Waals surface area contributed by atoms with Gasteiger partial charge in [0.15, 0.2) is 0 Å². The maximum atomic E-state index is 13.0. The lowest BCUT2D eigenvalue weighted by Gasteiger charge is -2.16. The van der Waals surface area contributed by atoms with E-state index in [1.54, 1.807) is 6.92 Å². The second-order valence-corrected chi connectivity index (χ2v) is 5.89. The molecule has 0 atom stereocenters. The van der Waals surface area contributed by atoms with Crippen molar-refractivity contribution < 1.29 is 21.6 Å². The van der Waals surface area contributed by atoms with Gasteiger partial charge in [-0.2, -0.15) is 26.9 Å². The molecule has 0 aliphatic heterocycles. The van der Waals surface area contributed by atoms with Crippen molar-refractivity contribution >= 4 is 16.2 Å². The lowest BCUT2D eigenvalue weighted by Crippen LogP contribution is -2.40. The summed E-state index contributed by atoms with van der Waals surface area (Å²) in [4.78, 5) is 24.7. The maximum absolute atomic E-state index is 13.0. The zero-order valence-electron chi connectivity index (χ0n) is 13.9. The molecule has 0 saturated carbocycles. The third kappa shape index (κ3) is 3.68. The largest absolute Gasteiger partial charge is 0.431 e. The van der Waals surface area contributed by atoms with E-state index in [9.17, 15) is 31.2 Å². The van der Waals surface area contributed by atoms with Crippen molar-refractivity contribution in [2.45, 2.75) is 19.5 Å². The topological polar surface area (TPSA) is 114 Å². The van der Waals surface area contributed by atoms with Gasteiger partial charge in [-0.3, -0.25) is 9.36 Å². The Hall–Kier alpha value is -3.20. The van der Waals surface area contributed by atoms with Crippen molar-refractivity contribution in [3.8, 4) is 11.8 Å². The fraction of sp³-hybridized carbons (Fsp3) is 0.267. The van der Waals surface area contributed by atoms with Gasteiger partial charge in [-0.1, -0.05) is 6.92 Å². The van der Waals surface area contributed by atoms with Crippen molar-refractivity contribution in [2.75, 3.05) is 0 Å². The van der Waals surface area contributed by atoms with Crippen LogP contribution in [0.1, 0.15) is 23.7 Å². The van der Waals surface area contributed by atoms with Crippen LogP contribution < -0.4 is 11.2 Å². The second-order valence-electron chi connectivity index (χ2n) is 5.28. The molecular weight excluding hydrogens is 389 g/mol. The van der Waals surface area contributed by atoms with Crippen LogP contribution in [-0.2, 0) is 30.1 Å². The Bertz CT molecular complexity index is 1210. The van der Waals surface area contributed by atoms with Gasteiger partial charge >= 0.3 is 22.4 Å². The zero-order chi connectivity index (χ0) is 20.5. The monoisotopic (exact) mass is 400 g/mol. The molecule has 0 saturated heterocycles. The average Bonchev–Trinajstić information content (AvgIpc) is 2.57. The molecule has 27 heavy (non-hydrogen) atoms.